The Kier molecular flexibility index (Phi) is 4.01. The van der Waals surface area contributed by atoms with Gasteiger partial charge < -0.3 is 10.5 Å². The van der Waals surface area contributed by atoms with Gasteiger partial charge in [0.15, 0.2) is 0 Å². The Morgan fingerprint density at radius 1 is 1.27 bits per heavy atom. The lowest BCUT2D eigenvalue weighted by molar-refractivity contribution is -0.142. The van der Waals surface area contributed by atoms with Crippen LogP contribution in [-0.4, -0.2) is 25.0 Å². The first-order chi connectivity index (χ1) is 12.5. The predicted octanol–water partition coefficient (Wildman–Crippen LogP) is 3.09. The highest BCUT2D eigenvalue weighted by atomic mass is 35.5. The number of rotatable bonds is 4. The molecule has 0 saturated heterocycles. The number of methoxy groups -OCH3 is 1. The molecule has 0 aromatic heterocycles. The van der Waals surface area contributed by atoms with E-state index in [-0.39, 0.29) is 5.91 Å². The van der Waals surface area contributed by atoms with Crippen LogP contribution >= 0.6 is 11.6 Å². The van der Waals surface area contributed by atoms with Crippen molar-refractivity contribution in [2.45, 2.75) is 30.7 Å². The Bertz CT molecular complexity index is 890. The number of ether oxygens (including phenoxy) is 1. The second kappa shape index (κ2) is 6.11. The van der Waals surface area contributed by atoms with E-state index in [0.29, 0.717) is 11.4 Å². The van der Waals surface area contributed by atoms with Gasteiger partial charge in [-0.05, 0) is 48.6 Å². The van der Waals surface area contributed by atoms with Crippen molar-refractivity contribution in [1.29, 1.82) is 0 Å². The minimum atomic E-state index is -0.704. The Morgan fingerprint density at radius 2 is 1.96 bits per heavy atom. The third kappa shape index (κ3) is 2.50. The third-order valence-electron chi connectivity index (χ3n) is 5.24. The maximum Gasteiger partial charge on any atom is 0.322 e. The molecule has 6 heteroatoms. The summed E-state index contributed by atoms with van der Waals surface area (Å²) < 4.78 is 4.65. The van der Waals surface area contributed by atoms with Gasteiger partial charge in [-0.15, -0.1) is 0 Å². The molecule has 1 aliphatic heterocycles. The zero-order chi connectivity index (χ0) is 18.5. The van der Waals surface area contributed by atoms with Crippen molar-refractivity contribution in [3.05, 3.63) is 58.6 Å². The topological polar surface area (TPSA) is 72.6 Å². The summed E-state index contributed by atoms with van der Waals surface area (Å²) in [5.41, 5.74) is 8.89. The maximum atomic E-state index is 13.1. The average Bonchev–Trinajstić information content (AvgIpc) is 3.41. The smallest absolute Gasteiger partial charge is 0.322 e. The fourth-order valence-corrected chi connectivity index (χ4v) is 3.94. The van der Waals surface area contributed by atoms with Gasteiger partial charge in [0, 0.05) is 5.69 Å². The molecule has 2 aromatic carbocycles. The van der Waals surface area contributed by atoms with E-state index < -0.39 is 17.4 Å². The molecule has 0 radical (unpaired) electrons. The summed E-state index contributed by atoms with van der Waals surface area (Å²) in [5, 5.41) is 0.580. The fourth-order valence-electron chi connectivity index (χ4n) is 3.68. The van der Waals surface area contributed by atoms with Crippen LogP contribution in [0.25, 0.3) is 0 Å². The monoisotopic (exact) mass is 370 g/mol. The second-order valence-corrected chi connectivity index (χ2v) is 7.27. The van der Waals surface area contributed by atoms with Gasteiger partial charge in [0.05, 0.1) is 23.2 Å². The molecular weight excluding hydrogens is 352 g/mol. The van der Waals surface area contributed by atoms with Crippen LogP contribution in [0.15, 0.2) is 42.5 Å². The number of benzene rings is 2. The lowest BCUT2D eigenvalue weighted by atomic mass is 9.98. The van der Waals surface area contributed by atoms with Crippen molar-refractivity contribution >= 4 is 34.9 Å². The van der Waals surface area contributed by atoms with Crippen molar-refractivity contribution in [3.63, 3.8) is 0 Å². The largest absolute Gasteiger partial charge is 0.468 e. The van der Waals surface area contributed by atoms with Crippen molar-refractivity contribution in [1.82, 2.24) is 0 Å². The number of amides is 1. The van der Waals surface area contributed by atoms with E-state index in [2.05, 4.69) is 4.74 Å². The van der Waals surface area contributed by atoms with Crippen molar-refractivity contribution in [2.75, 3.05) is 12.0 Å². The van der Waals surface area contributed by atoms with Gasteiger partial charge in [-0.25, -0.2) is 0 Å². The summed E-state index contributed by atoms with van der Waals surface area (Å²) in [4.78, 5) is 26.3. The van der Waals surface area contributed by atoms with Gasteiger partial charge in [-0.1, -0.05) is 35.9 Å². The first kappa shape index (κ1) is 17.1. The van der Waals surface area contributed by atoms with Gasteiger partial charge >= 0.3 is 5.97 Å². The molecule has 0 unspecified atom stereocenters. The first-order valence-corrected chi connectivity index (χ1v) is 8.91. The van der Waals surface area contributed by atoms with E-state index in [1.807, 2.05) is 42.5 Å². The molecule has 1 saturated carbocycles. The molecule has 2 aliphatic rings. The zero-order valence-electron chi connectivity index (χ0n) is 14.4. The van der Waals surface area contributed by atoms with Gasteiger partial charge in [-0.3, -0.25) is 14.5 Å². The van der Waals surface area contributed by atoms with Crippen LogP contribution in [0.5, 0.6) is 0 Å². The molecule has 4 rings (SSSR count). The van der Waals surface area contributed by atoms with Crippen LogP contribution < -0.4 is 10.6 Å². The number of para-hydroxylation sites is 1. The number of fused-ring (bicyclic) bond motifs is 2. The fraction of sp³-hybridized carbons (Fsp3) is 0.300. The quantitative estimate of drug-likeness (QED) is 0.839. The Labute approximate surface area is 156 Å². The lowest BCUT2D eigenvalue weighted by Crippen LogP contribution is -2.33. The summed E-state index contributed by atoms with van der Waals surface area (Å²) >= 11 is 6.42. The van der Waals surface area contributed by atoms with E-state index in [9.17, 15) is 9.59 Å². The van der Waals surface area contributed by atoms with Gasteiger partial charge in [0.1, 0.15) is 6.04 Å². The lowest BCUT2D eigenvalue weighted by Gasteiger charge is -2.20. The van der Waals surface area contributed by atoms with E-state index in [4.69, 9.17) is 17.3 Å². The van der Waals surface area contributed by atoms with Crippen LogP contribution in [-0.2, 0) is 26.2 Å². The molecule has 26 heavy (non-hydrogen) atoms. The van der Waals surface area contributed by atoms with Crippen LogP contribution in [0, 0.1) is 0 Å². The predicted molar refractivity (Wildman–Crippen MR) is 99.6 cm³/mol. The SMILES string of the molecule is COC(=O)[C@@H](N)Cc1ccc(N2C(=O)C3(CC3)c3cccc(Cl)c32)cc1. The van der Waals surface area contributed by atoms with E-state index in [1.54, 1.807) is 4.90 Å². The summed E-state index contributed by atoms with van der Waals surface area (Å²) in [5.74, 6) is -0.361. The van der Waals surface area contributed by atoms with Gasteiger partial charge in [0.2, 0.25) is 5.91 Å². The molecule has 1 amide bonds. The number of halogens is 1. The molecule has 0 bridgehead atoms. The Morgan fingerprint density at radius 3 is 2.58 bits per heavy atom. The third-order valence-corrected chi connectivity index (χ3v) is 5.55. The molecule has 5 nitrogen and oxygen atoms in total. The minimum Gasteiger partial charge on any atom is -0.468 e. The van der Waals surface area contributed by atoms with Crippen LogP contribution in [0.1, 0.15) is 24.0 Å². The zero-order valence-corrected chi connectivity index (χ0v) is 15.1. The highest BCUT2D eigenvalue weighted by Gasteiger charge is 2.59. The normalized spacial score (nSPS) is 18.0. The highest BCUT2D eigenvalue weighted by Crippen LogP contribution is 2.60. The molecule has 1 spiro atoms. The van der Waals surface area contributed by atoms with Crippen LogP contribution in [0.3, 0.4) is 0 Å². The number of hydrogen-bond acceptors (Lipinski definition) is 4. The molecule has 1 atom stereocenters. The summed E-state index contributed by atoms with van der Waals surface area (Å²) in [6.07, 6.45) is 2.10. The number of nitrogens with two attached hydrogens (primary N) is 1. The van der Waals surface area contributed by atoms with E-state index >= 15 is 0 Å². The van der Waals surface area contributed by atoms with Crippen molar-refractivity contribution < 1.29 is 14.3 Å². The highest BCUT2D eigenvalue weighted by molar-refractivity contribution is 6.35. The van der Waals surface area contributed by atoms with E-state index in [1.165, 1.54) is 7.11 Å². The van der Waals surface area contributed by atoms with Crippen molar-refractivity contribution in [2.24, 2.45) is 5.73 Å². The van der Waals surface area contributed by atoms with Gasteiger partial charge in [0.25, 0.3) is 0 Å². The average molecular weight is 371 g/mol. The number of carbonyl (C=O) groups excluding carboxylic acids is 2. The number of nitrogens with zero attached hydrogens (tertiary/aromatic N) is 1. The second-order valence-electron chi connectivity index (χ2n) is 6.86. The van der Waals surface area contributed by atoms with Crippen molar-refractivity contribution in [3.8, 4) is 0 Å². The summed E-state index contributed by atoms with van der Waals surface area (Å²) in [7, 11) is 1.32. The Balaban J connectivity index is 1.65. The molecule has 2 aromatic rings. The number of anilines is 2. The molecule has 134 valence electrons. The maximum absolute atomic E-state index is 13.1. The Hall–Kier alpha value is -2.37. The number of carbonyl (C=O) groups is 2. The van der Waals surface area contributed by atoms with Crippen LogP contribution in [0.2, 0.25) is 5.02 Å². The minimum absolute atomic E-state index is 0.0830. The first-order valence-electron chi connectivity index (χ1n) is 8.54. The van der Waals surface area contributed by atoms with Crippen LogP contribution in [0.4, 0.5) is 11.4 Å². The summed E-state index contributed by atoms with van der Waals surface area (Å²) in [6.45, 7) is 0. The number of esters is 1. The molecule has 1 fully saturated rings. The number of hydrogen-bond donors (Lipinski definition) is 1. The molecule has 1 heterocycles. The molecule has 2 N–H and O–H groups in total. The molecular formula is C20H19ClN2O3. The molecule has 1 aliphatic carbocycles. The van der Waals surface area contributed by atoms with Gasteiger partial charge in [-0.2, -0.15) is 0 Å². The van der Waals surface area contributed by atoms with E-state index in [0.717, 1.165) is 35.3 Å². The summed E-state index contributed by atoms with van der Waals surface area (Å²) in [6, 6.07) is 12.5. The standard InChI is InChI=1S/C20H19ClN2O3/c1-26-18(24)16(22)11-12-5-7-13(8-6-12)23-17-14(3-2-4-15(17)21)20(9-10-20)19(23)25/h2-8,16H,9-11,22H2,1H3/t16-/m0/s1.